The van der Waals surface area contributed by atoms with Gasteiger partial charge in [0.25, 0.3) is 0 Å². The van der Waals surface area contributed by atoms with E-state index >= 15 is 0 Å². The molecule has 1 aromatic rings. The zero-order chi connectivity index (χ0) is 16.1. The number of rotatable bonds is 5. The Labute approximate surface area is 127 Å². The number of carbonyl (C=O) groups is 2. The van der Waals surface area contributed by atoms with Crippen LogP contribution in [-0.2, 0) is 9.53 Å². The fourth-order valence-corrected chi connectivity index (χ4v) is 1.91. The van der Waals surface area contributed by atoms with E-state index < -0.39 is 12.0 Å². The maximum Gasteiger partial charge on any atom is 0.333 e. The van der Waals surface area contributed by atoms with E-state index in [1.165, 1.54) is 27.4 Å². The van der Waals surface area contributed by atoms with Crippen molar-refractivity contribution >= 4 is 17.7 Å². The lowest BCUT2D eigenvalue weighted by Crippen LogP contribution is -2.28. The number of anilines is 1. The van der Waals surface area contributed by atoms with Gasteiger partial charge >= 0.3 is 12.0 Å². The summed E-state index contributed by atoms with van der Waals surface area (Å²) in [7, 11) is 4.45. The number of methoxy groups -OCH3 is 3. The number of ether oxygens (including phenoxy) is 4. The maximum atomic E-state index is 11.9. The molecule has 1 aliphatic heterocycles. The number of cyclic esters (lactones) is 1. The van der Waals surface area contributed by atoms with Crippen molar-refractivity contribution in [1.82, 2.24) is 5.32 Å². The predicted molar refractivity (Wildman–Crippen MR) is 77.3 cm³/mol. The van der Waals surface area contributed by atoms with E-state index in [2.05, 4.69) is 15.4 Å². The van der Waals surface area contributed by atoms with Gasteiger partial charge in [-0.25, -0.2) is 9.59 Å². The average molecular weight is 308 g/mol. The number of urea groups is 1. The Balaban J connectivity index is 2.13. The molecule has 8 heteroatoms. The van der Waals surface area contributed by atoms with Gasteiger partial charge in [-0.15, -0.1) is 0 Å². The minimum Gasteiger partial charge on any atom is -0.493 e. The predicted octanol–water partition coefficient (Wildman–Crippen LogP) is 1.27. The fraction of sp³-hybridized carbons (Fsp3) is 0.286. The molecule has 0 saturated carbocycles. The molecule has 0 aliphatic carbocycles. The summed E-state index contributed by atoms with van der Waals surface area (Å²) >= 11 is 0. The monoisotopic (exact) mass is 308 g/mol. The Morgan fingerprint density at radius 2 is 1.73 bits per heavy atom. The van der Waals surface area contributed by atoms with E-state index in [1.807, 2.05) is 0 Å². The van der Waals surface area contributed by atoms with E-state index in [1.54, 1.807) is 12.1 Å². The zero-order valence-corrected chi connectivity index (χ0v) is 12.4. The Morgan fingerprint density at radius 1 is 1.09 bits per heavy atom. The highest BCUT2D eigenvalue weighted by atomic mass is 16.5. The summed E-state index contributed by atoms with van der Waals surface area (Å²) in [5, 5.41) is 5.12. The van der Waals surface area contributed by atoms with Crippen molar-refractivity contribution in [3.8, 4) is 17.2 Å². The first-order chi connectivity index (χ1) is 10.6. The Morgan fingerprint density at radius 3 is 2.18 bits per heavy atom. The molecular weight excluding hydrogens is 292 g/mol. The lowest BCUT2D eigenvalue weighted by atomic mass is 10.2. The number of esters is 1. The highest BCUT2D eigenvalue weighted by Crippen LogP contribution is 2.39. The largest absolute Gasteiger partial charge is 0.493 e. The standard InChI is InChI=1S/C14H16N2O6/c1-19-10-4-8(5-11(20-2)13(10)21-3)15-14(18)16-9-6-12(17)22-7-9/h4-6H,7H2,1-3H3,(H2,15,16,18). The average Bonchev–Trinajstić information content (AvgIpc) is 2.90. The van der Waals surface area contributed by atoms with Crippen LogP contribution >= 0.6 is 0 Å². The van der Waals surface area contributed by atoms with Crippen LogP contribution in [0.4, 0.5) is 10.5 Å². The summed E-state index contributed by atoms with van der Waals surface area (Å²) < 4.78 is 20.3. The molecule has 0 unspecified atom stereocenters. The van der Waals surface area contributed by atoms with Crippen LogP contribution in [0.5, 0.6) is 17.2 Å². The van der Waals surface area contributed by atoms with Crippen molar-refractivity contribution in [2.24, 2.45) is 0 Å². The van der Waals surface area contributed by atoms with Crippen molar-refractivity contribution < 1.29 is 28.5 Å². The third-order valence-electron chi connectivity index (χ3n) is 2.86. The summed E-state index contributed by atoms with van der Waals surface area (Å²) in [6.45, 7) is 0.0432. The van der Waals surface area contributed by atoms with E-state index in [4.69, 9.17) is 14.2 Å². The quantitative estimate of drug-likeness (QED) is 0.796. The fourth-order valence-electron chi connectivity index (χ4n) is 1.91. The number of hydrogen-bond acceptors (Lipinski definition) is 6. The highest BCUT2D eigenvalue weighted by Gasteiger charge is 2.17. The van der Waals surface area contributed by atoms with Crippen LogP contribution in [0, 0.1) is 0 Å². The number of nitrogens with one attached hydrogen (secondary N) is 2. The molecule has 1 aromatic carbocycles. The van der Waals surface area contributed by atoms with Crippen molar-refractivity contribution in [1.29, 1.82) is 0 Å². The Hall–Kier alpha value is -2.90. The van der Waals surface area contributed by atoms with Crippen molar-refractivity contribution in [2.45, 2.75) is 0 Å². The third-order valence-corrected chi connectivity index (χ3v) is 2.86. The lowest BCUT2D eigenvalue weighted by Gasteiger charge is -2.14. The van der Waals surface area contributed by atoms with Gasteiger partial charge in [-0.3, -0.25) is 0 Å². The van der Waals surface area contributed by atoms with E-state index in [0.717, 1.165) is 0 Å². The molecule has 0 fully saturated rings. The molecular formula is C14H16N2O6. The van der Waals surface area contributed by atoms with Crippen LogP contribution in [0.25, 0.3) is 0 Å². The molecule has 0 saturated heterocycles. The number of hydrogen-bond donors (Lipinski definition) is 2. The van der Waals surface area contributed by atoms with Crippen LogP contribution in [0.3, 0.4) is 0 Å². The minimum atomic E-state index is -0.515. The van der Waals surface area contributed by atoms with Gasteiger partial charge in [-0.1, -0.05) is 0 Å². The maximum absolute atomic E-state index is 11.9. The molecule has 0 radical (unpaired) electrons. The molecule has 0 bridgehead atoms. The van der Waals surface area contributed by atoms with Gasteiger partial charge in [0.05, 0.1) is 32.7 Å². The normalized spacial score (nSPS) is 13.0. The SMILES string of the molecule is COc1cc(NC(=O)NC2=CC(=O)OC2)cc(OC)c1OC. The van der Waals surface area contributed by atoms with E-state index in [-0.39, 0.29) is 6.61 Å². The molecule has 0 spiro atoms. The molecule has 1 aliphatic rings. The van der Waals surface area contributed by atoms with Gasteiger partial charge in [0, 0.05) is 18.2 Å². The summed E-state index contributed by atoms with van der Waals surface area (Å²) in [6, 6.07) is 2.66. The van der Waals surface area contributed by atoms with Crippen LogP contribution < -0.4 is 24.8 Å². The van der Waals surface area contributed by atoms with Crippen LogP contribution in [0.2, 0.25) is 0 Å². The molecule has 2 N–H and O–H groups in total. The van der Waals surface area contributed by atoms with Gasteiger partial charge in [-0.05, 0) is 0 Å². The molecule has 0 atom stereocenters. The van der Waals surface area contributed by atoms with Crippen molar-refractivity contribution in [3.63, 3.8) is 0 Å². The molecule has 1 heterocycles. The summed E-state index contributed by atoms with van der Waals surface area (Å²) in [5.41, 5.74) is 0.827. The van der Waals surface area contributed by atoms with Gasteiger partial charge in [-0.2, -0.15) is 0 Å². The van der Waals surface area contributed by atoms with Gasteiger partial charge in [0.2, 0.25) is 5.75 Å². The number of carbonyl (C=O) groups excluding carboxylic acids is 2. The molecule has 22 heavy (non-hydrogen) atoms. The smallest absolute Gasteiger partial charge is 0.333 e. The second-order valence-corrected chi connectivity index (χ2v) is 4.27. The first-order valence-electron chi connectivity index (χ1n) is 6.32. The summed E-state index contributed by atoms with van der Waals surface area (Å²) in [4.78, 5) is 22.8. The molecule has 0 aromatic heterocycles. The van der Waals surface area contributed by atoms with E-state index in [0.29, 0.717) is 28.6 Å². The highest BCUT2D eigenvalue weighted by molar-refractivity contribution is 5.93. The first kappa shape index (κ1) is 15.5. The van der Waals surface area contributed by atoms with Crippen LogP contribution in [-0.4, -0.2) is 39.9 Å². The Bertz CT molecular complexity index is 601. The molecule has 2 amide bonds. The molecule has 2 rings (SSSR count). The van der Waals surface area contributed by atoms with Crippen molar-refractivity contribution in [3.05, 3.63) is 23.9 Å². The third kappa shape index (κ3) is 3.40. The zero-order valence-electron chi connectivity index (χ0n) is 12.4. The van der Waals surface area contributed by atoms with E-state index in [9.17, 15) is 9.59 Å². The Kier molecular flexibility index (Phi) is 4.72. The summed E-state index contributed by atoms with van der Waals surface area (Å²) in [5.74, 6) is 0.767. The summed E-state index contributed by atoms with van der Waals surface area (Å²) in [6.07, 6.45) is 1.22. The number of benzene rings is 1. The van der Waals surface area contributed by atoms with Gasteiger partial charge in [0.1, 0.15) is 6.61 Å². The van der Waals surface area contributed by atoms with Crippen molar-refractivity contribution in [2.75, 3.05) is 33.3 Å². The number of amides is 2. The van der Waals surface area contributed by atoms with Gasteiger partial charge in [0.15, 0.2) is 11.5 Å². The van der Waals surface area contributed by atoms with Crippen LogP contribution in [0.1, 0.15) is 0 Å². The first-order valence-corrected chi connectivity index (χ1v) is 6.32. The minimum absolute atomic E-state index is 0.0432. The second-order valence-electron chi connectivity index (χ2n) is 4.27. The van der Waals surface area contributed by atoms with Gasteiger partial charge < -0.3 is 29.6 Å². The molecule has 118 valence electrons. The van der Waals surface area contributed by atoms with Crippen LogP contribution in [0.15, 0.2) is 23.9 Å². The second kappa shape index (κ2) is 6.70. The lowest BCUT2D eigenvalue weighted by molar-refractivity contribution is -0.134. The molecule has 8 nitrogen and oxygen atoms in total. The topological polar surface area (TPSA) is 95.1 Å².